The van der Waals surface area contributed by atoms with Crippen molar-refractivity contribution in [1.82, 2.24) is 4.90 Å². The molecule has 2 atom stereocenters. The highest BCUT2D eigenvalue weighted by Gasteiger charge is 2.30. The molecular weight excluding hydrogens is 158 g/mol. The molecule has 0 N–H and O–H groups in total. The zero-order valence-corrected chi connectivity index (χ0v) is 9.88. The molecule has 2 unspecified atom stereocenters. The van der Waals surface area contributed by atoms with Crippen molar-refractivity contribution in [3.05, 3.63) is 0 Å². The Morgan fingerprint density at radius 1 is 1.15 bits per heavy atom. The fourth-order valence-electron chi connectivity index (χ4n) is 2.85. The van der Waals surface area contributed by atoms with Crippen molar-refractivity contribution in [2.75, 3.05) is 6.54 Å². The van der Waals surface area contributed by atoms with Crippen LogP contribution in [0.5, 0.6) is 0 Å². The van der Waals surface area contributed by atoms with E-state index >= 15 is 0 Å². The summed E-state index contributed by atoms with van der Waals surface area (Å²) in [6.45, 7) is 13.0. The minimum absolute atomic E-state index is 0.793. The van der Waals surface area contributed by atoms with Crippen LogP contribution in [-0.2, 0) is 0 Å². The van der Waals surface area contributed by atoms with Gasteiger partial charge in [0, 0.05) is 12.1 Å². The van der Waals surface area contributed by atoms with Gasteiger partial charge in [-0.25, -0.2) is 0 Å². The Morgan fingerprint density at radius 3 is 1.92 bits per heavy atom. The van der Waals surface area contributed by atoms with Crippen LogP contribution in [0.2, 0.25) is 0 Å². The van der Waals surface area contributed by atoms with E-state index in [1.807, 2.05) is 0 Å². The highest BCUT2D eigenvalue weighted by atomic mass is 15.2. The molecule has 0 aliphatic carbocycles. The maximum atomic E-state index is 2.64. The van der Waals surface area contributed by atoms with Gasteiger partial charge in [0.05, 0.1) is 0 Å². The second-order valence-electron chi connectivity index (χ2n) is 5.00. The average molecular weight is 183 g/mol. The summed E-state index contributed by atoms with van der Waals surface area (Å²) in [7, 11) is 0. The minimum atomic E-state index is 0.793. The molecule has 1 aliphatic rings. The van der Waals surface area contributed by atoms with E-state index in [-0.39, 0.29) is 0 Å². The molecule has 1 saturated heterocycles. The van der Waals surface area contributed by atoms with E-state index < -0.39 is 0 Å². The third kappa shape index (κ3) is 2.46. The van der Waals surface area contributed by atoms with E-state index in [1.165, 1.54) is 19.4 Å². The largest absolute Gasteiger partial charge is 0.298 e. The van der Waals surface area contributed by atoms with Gasteiger partial charge in [0.25, 0.3) is 0 Å². The molecule has 1 fully saturated rings. The first kappa shape index (κ1) is 11.0. The fraction of sp³-hybridized carbons (Fsp3) is 1.00. The van der Waals surface area contributed by atoms with Gasteiger partial charge in [-0.05, 0) is 45.1 Å². The van der Waals surface area contributed by atoms with Crippen LogP contribution in [0.3, 0.4) is 0 Å². The Labute approximate surface area is 83.5 Å². The lowest BCUT2D eigenvalue weighted by Gasteiger charge is -2.43. The molecule has 1 aliphatic heterocycles. The van der Waals surface area contributed by atoms with E-state index in [2.05, 4.69) is 39.5 Å². The van der Waals surface area contributed by atoms with Crippen molar-refractivity contribution in [2.45, 2.75) is 59.5 Å². The van der Waals surface area contributed by atoms with Gasteiger partial charge in [0.2, 0.25) is 0 Å². The average Bonchev–Trinajstić information content (AvgIpc) is 2.03. The Hall–Kier alpha value is -0.0400. The second-order valence-corrected chi connectivity index (χ2v) is 5.00. The van der Waals surface area contributed by atoms with Crippen LogP contribution in [0, 0.1) is 11.8 Å². The van der Waals surface area contributed by atoms with Crippen LogP contribution in [0.4, 0.5) is 0 Å². The molecule has 13 heavy (non-hydrogen) atoms. The molecule has 0 radical (unpaired) electrons. The molecule has 1 rings (SSSR count). The number of likely N-dealkylation sites (tertiary alicyclic amines) is 1. The second kappa shape index (κ2) is 4.45. The highest BCUT2D eigenvalue weighted by molar-refractivity contribution is 4.84. The molecule has 0 aromatic heterocycles. The van der Waals surface area contributed by atoms with E-state index in [0.29, 0.717) is 0 Å². The summed E-state index contributed by atoms with van der Waals surface area (Å²) < 4.78 is 0. The standard InChI is InChI=1S/C12H25N/c1-6-13-10(4)7-12(9(2)3)8-11(13)5/h9-12H,6-8H2,1-5H3. The molecule has 1 nitrogen and oxygen atoms in total. The molecule has 1 heteroatoms. The maximum absolute atomic E-state index is 2.64. The van der Waals surface area contributed by atoms with Gasteiger partial charge < -0.3 is 0 Å². The first-order valence-electron chi connectivity index (χ1n) is 5.82. The van der Waals surface area contributed by atoms with Crippen molar-refractivity contribution in [3.8, 4) is 0 Å². The van der Waals surface area contributed by atoms with Crippen LogP contribution < -0.4 is 0 Å². The fourth-order valence-corrected chi connectivity index (χ4v) is 2.85. The van der Waals surface area contributed by atoms with Gasteiger partial charge in [-0.2, -0.15) is 0 Å². The summed E-state index contributed by atoms with van der Waals surface area (Å²) in [5, 5.41) is 0. The zero-order valence-electron chi connectivity index (χ0n) is 9.88. The Kier molecular flexibility index (Phi) is 3.78. The topological polar surface area (TPSA) is 3.24 Å². The zero-order chi connectivity index (χ0) is 10.0. The summed E-state index contributed by atoms with van der Waals surface area (Å²) in [6, 6.07) is 1.59. The minimum Gasteiger partial charge on any atom is -0.298 e. The van der Waals surface area contributed by atoms with Crippen LogP contribution in [0.15, 0.2) is 0 Å². The molecular formula is C12H25N. The van der Waals surface area contributed by atoms with E-state index in [4.69, 9.17) is 0 Å². The van der Waals surface area contributed by atoms with E-state index in [1.54, 1.807) is 0 Å². The van der Waals surface area contributed by atoms with E-state index in [9.17, 15) is 0 Å². The van der Waals surface area contributed by atoms with Gasteiger partial charge in [0.15, 0.2) is 0 Å². The molecule has 0 spiro atoms. The first-order chi connectivity index (χ1) is 6.06. The SMILES string of the molecule is CCN1C(C)CC(C(C)C)CC1C. The summed E-state index contributed by atoms with van der Waals surface area (Å²) in [5.41, 5.74) is 0. The molecule has 0 saturated carbocycles. The number of nitrogens with zero attached hydrogens (tertiary/aromatic N) is 1. The van der Waals surface area contributed by atoms with Gasteiger partial charge in [0.1, 0.15) is 0 Å². The molecule has 1 heterocycles. The molecule has 78 valence electrons. The van der Waals surface area contributed by atoms with Crippen LogP contribution in [0.25, 0.3) is 0 Å². The summed E-state index contributed by atoms with van der Waals surface area (Å²) in [5.74, 6) is 1.82. The van der Waals surface area contributed by atoms with Gasteiger partial charge in [-0.15, -0.1) is 0 Å². The smallest absolute Gasteiger partial charge is 0.00723 e. The van der Waals surface area contributed by atoms with Gasteiger partial charge >= 0.3 is 0 Å². The Balaban J connectivity index is 2.56. The maximum Gasteiger partial charge on any atom is 0.00723 e. The number of hydrogen-bond acceptors (Lipinski definition) is 1. The van der Waals surface area contributed by atoms with Crippen molar-refractivity contribution < 1.29 is 0 Å². The van der Waals surface area contributed by atoms with Crippen molar-refractivity contribution in [2.24, 2.45) is 11.8 Å². The van der Waals surface area contributed by atoms with Crippen molar-refractivity contribution in [1.29, 1.82) is 0 Å². The number of piperidine rings is 1. The lowest BCUT2D eigenvalue weighted by molar-refractivity contribution is 0.0596. The lowest BCUT2D eigenvalue weighted by atomic mass is 9.80. The van der Waals surface area contributed by atoms with Crippen LogP contribution in [-0.4, -0.2) is 23.5 Å². The van der Waals surface area contributed by atoms with E-state index in [0.717, 1.165) is 23.9 Å². The number of rotatable bonds is 2. The third-order valence-electron chi connectivity index (χ3n) is 3.73. The first-order valence-corrected chi connectivity index (χ1v) is 5.82. The Morgan fingerprint density at radius 2 is 1.62 bits per heavy atom. The third-order valence-corrected chi connectivity index (χ3v) is 3.73. The summed E-state index contributed by atoms with van der Waals surface area (Å²) >= 11 is 0. The molecule has 0 aromatic rings. The van der Waals surface area contributed by atoms with Gasteiger partial charge in [-0.3, -0.25) is 4.90 Å². The van der Waals surface area contributed by atoms with Crippen LogP contribution >= 0.6 is 0 Å². The molecule has 0 bridgehead atoms. The van der Waals surface area contributed by atoms with Crippen LogP contribution in [0.1, 0.15) is 47.5 Å². The number of hydrogen-bond donors (Lipinski definition) is 0. The predicted octanol–water partition coefficient (Wildman–Crippen LogP) is 3.15. The lowest BCUT2D eigenvalue weighted by Crippen LogP contribution is -2.47. The molecule has 0 aromatic carbocycles. The van der Waals surface area contributed by atoms with Gasteiger partial charge in [-0.1, -0.05) is 20.8 Å². The quantitative estimate of drug-likeness (QED) is 0.635. The Bertz CT molecular complexity index is 141. The van der Waals surface area contributed by atoms with Crippen molar-refractivity contribution in [3.63, 3.8) is 0 Å². The normalized spacial score (nSPS) is 36.9. The highest BCUT2D eigenvalue weighted by Crippen LogP contribution is 2.31. The predicted molar refractivity (Wildman–Crippen MR) is 58.9 cm³/mol. The summed E-state index contributed by atoms with van der Waals surface area (Å²) in [6.07, 6.45) is 2.80. The molecule has 0 amide bonds. The monoisotopic (exact) mass is 183 g/mol. The summed E-state index contributed by atoms with van der Waals surface area (Å²) in [4.78, 5) is 2.64. The van der Waals surface area contributed by atoms with Crippen molar-refractivity contribution >= 4 is 0 Å².